The molecule has 0 saturated carbocycles. The molecule has 0 unspecified atom stereocenters. The molecule has 0 aliphatic heterocycles. The predicted molar refractivity (Wildman–Crippen MR) is 65.8 cm³/mol. The van der Waals surface area contributed by atoms with Crippen LogP contribution in [0.5, 0.6) is 11.5 Å². The lowest BCUT2D eigenvalue weighted by atomic mass is 10.2. The van der Waals surface area contributed by atoms with Crippen LogP contribution < -0.4 is 4.74 Å². The quantitative estimate of drug-likeness (QED) is 0.908. The molecule has 2 nitrogen and oxygen atoms in total. The third-order valence-corrected chi connectivity index (χ3v) is 2.63. The lowest BCUT2D eigenvalue weighted by Crippen LogP contribution is -1.94. The minimum atomic E-state index is 0.171. The highest BCUT2D eigenvalue weighted by molar-refractivity contribution is 9.10. The minimum absolute atomic E-state index is 0.171. The van der Waals surface area contributed by atoms with Crippen LogP contribution in [-0.2, 0) is 0 Å². The molecule has 0 aliphatic carbocycles. The number of aryl methyl sites for hydroxylation is 1. The van der Waals surface area contributed by atoms with E-state index in [2.05, 4.69) is 15.9 Å². The number of rotatable bonds is 3. The maximum absolute atomic E-state index is 9.49. The molecule has 1 N–H and O–H groups in total. The Balaban J connectivity index is 2.75. The minimum Gasteiger partial charge on any atom is -0.506 e. The van der Waals surface area contributed by atoms with Gasteiger partial charge >= 0.3 is 0 Å². The van der Waals surface area contributed by atoms with Crippen LogP contribution in [0.4, 0.5) is 0 Å². The van der Waals surface area contributed by atoms with E-state index in [1.165, 1.54) is 0 Å². The van der Waals surface area contributed by atoms with Crippen LogP contribution in [0.15, 0.2) is 27.2 Å². The molecule has 0 heterocycles. The summed E-state index contributed by atoms with van der Waals surface area (Å²) < 4.78 is 6.11. The molecular formula is C10H9BrCl2O2. The number of ether oxygens (including phenoxy) is 1. The summed E-state index contributed by atoms with van der Waals surface area (Å²) in [6.45, 7) is 2.08. The molecule has 1 aromatic rings. The Bertz CT molecular complexity index is 364. The zero-order valence-corrected chi connectivity index (χ0v) is 11.0. The SMILES string of the molecule is Cc1cc(OCC=C(Cl)Cl)cc(Br)c1O. The molecular weight excluding hydrogens is 303 g/mol. The van der Waals surface area contributed by atoms with Crippen LogP contribution >= 0.6 is 39.1 Å². The molecule has 15 heavy (non-hydrogen) atoms. The van der Waals surface area contributed by atoms with Crippen molar-refractivity contribution in [2.45, 2.75) is 6.92 Å². The molecule has 0 saturated heterocycles. The molecule has 5 heteroatoms. The highest BCUT2D eigenvalue weighted by atomic mass is 79.9. The van der Waals surface area contributed by atoms with E-state index < -0.39 is 0 Å². The molecule has 0 amide bonds. The van der Waals surface area contributed by atoms with Gasteiger partial charge in [0.05, 0.1) is 4.47 Å². The number of aromatic hydroxyl groups is 1. The maximum atomic E-state index is 9.49. The van der Waals surface area contributed by atoms with Gasteiger partial charge in [0, 0.05) is 0 Å². The normalized spacial score (nSPS) is 9.87. The van der Waals surface area contributed by atoms with Crippen LogP contribution in [0, 0.1) is 6.92 Å². The average Bonchev–Trinajstić information content (AvgIpc) is 2.13. The smallest absolute Gasteiger partial charge is 0.132 e. The van der Waals surface area contributed by atoms with Crippen molar-refractivity contribution in [2.24, 2.45) is 0 Å². The summed E-state index contributed by atoms with van der Waals surface area (Å²) in [6, 6.07) is 3.41. The lowest BCUT2D eigenvalue weighted by molar-refractivity contribution is 0.361. The summed E-state index contributed by atoms with van der Waals surface area (Å²) in [7, 11) is 0. The van der Waals surface area contributed by atoms with Gasteiger partial charge < -0.3 is 9.84 Å². The van der Waals surface area contributed by atoms with Crippen molar-refractivity contribution >= 4 is 39.1 Å². The zero-order valence-electron chi connectivity index (χ0n) is 7.93. The Hall–Kier alpha value is -0.380. The van der Waals surface area contributed by atoms with Crippen molar-refractivity contribution in [1.82, 2.24) is 0 Å². The van der Waals surface area contributed by atoms with Gasteiger partial charge in [-0.25, -0.2) is 0 Å². The molecule has 0 aromatic heterocycles. The number of hydrogen-bond donors (Lipinski definition) is 1. The predicted octanol–water partition coefficient (Wildman–Crippen LogP) is 4.16. The highest BCUT2D eigenvalue weighted by Crippen LogP contribution is 2.31. The van der Waals surface area contributed by atoms with Gasteiger partial charge in [0.15, 0.2) is 0 Å². The molecule has 1 rings (SSSR count). The Kier molecular flexibility index (Phi) is 4.77. The van der Waals surface area contributed by atoms with Gasteiger partial charge in [-0.3, -0.25) is 0 Å². The van der Waals surface area contributed by atoms with E-state index >= 15 is 0 Å². The second-order valence-electron chi connectivity index (χ2n) is 2.88. The van der Waals surface area contributed by atoms with Crippen molar-refractivity contribution in [3.8, 4) is 11.5 Å². The Labute approximate surface area is 107 Å². The van der Waals surface area contributed by atoms with E-state index in [9.17, 15) is 5.11 Å². The van der Waals surface area contributed by atoms with Crippen molar-refractivity contribution in [2.75, 3.05) is 6.61 Å². The monoisotopic (exact) mass is 310 g/mol. The van der Waals surface area contributed by atoms with Crippen molar-refractivity contribution < 1.29 is 9.84 Å². The fourth-order valence-corrected chi connectivity index (χ4v) is 1.65. The van der Waals surface area contributed by atoms with Crippen LogP contribution in [0.25, 0.3) is 0 Å². The average molecular weight is 312 g/mol. The lowest BCUT2D eigenvalue weighted by Gasteiger charge is -2.07. The first-order valence-corrected chi connectivity index (χ1v) is 5.68. The molecule has 82 valence electrons. The van der Waals surface area contributed by atoms with E-state index in [4.69, 9.17) is 27.9 Å². The van der Waals surface area contributed by atoms with E-state index in [0.717, 1.165) is 5.56 Å². The van der Waals surface area contributed by atoms with Gasteiger partial charge in [0.2, 0.25) is 0 Å². The topological polar surface area (TPSA) is 29.5 Å². The standard InChI is InChI=1S/C10H9BrCl2O2/c1-6-4-7(5-8(11)10(6)14)15-3-2-9(12)13/h2,4-5,14H,3H2,1H3. The second kappa shape index (κ2) is 5.64. The summed E-state index contributed by atoms with van der Waals surface area (Å²) in [4.78, 5) is 0. The summed E-state index contributed by atoms with van der Waals surface area (Å²) in [5.41, 5.74) is 0.736. The Morgan fingerprint density at radius 3 is 2.73 bits per heavy atom. The molecule has 0 spiro atoms. The Morgan fingerprint density at radius 1 is 1.53 bits per heavy atom. The van der Waals surface area contributed by atoms with Crippen molar-refractivity contribution in [3.05, 3.63) is 32.7 Å². The first-order valence-electron chi connectivity index (χ1n) is 4.13. The number of phenolic OH excluding ortho intramolecular Hbond substituents is 1. The van der Waals surface area contributed by atoms with Crippen LogP contribution in [-0.4, -0.2) is 11.7 Å². The molecule has 0 radical (unpaired) electrons. The first-order chi connectivity index (χ1) is 7.00. The highest BCUT2D eigenvalue weighted by Gasteiger charge is 2.04. The third kappa shape index (κ3) is 3.93. The number of halogens is 3. The summed E-state index contributed by atoms with van der Waals surface area (Å²) >= 11 is 14.1. The van der Waals surface area contributed by atoms with E-state index in [1.54, 1.807) is 25.1 Å². The van der Waals surface area contributed by atoms with Gasteiger partial charge in [-0.1, -0.05) is 23.2 Å². The largest absolute Gasteiger partial charge is 0.506 e. The maximum Gasteiger partial charge on any atom is 0.132 e. The number of phenols is 1. The van der Waals surface area contributed by atoms with Gasteiger partial charge in [-0.15, -0.1) is 0 Å². The van der Waals surface area contributed by atoms with E-state index in [-0.39, 0.29) is 10.2 Å². The molecule has 1 aromatic carbocycles. The van der Waals surface area contributed by atoms with Crippen LogP contribution in [0.3, 0.4) is 0 Å². The summed E-state index contributed by atoms with van der Waals surface area (Å²) in [5.74, 6) is 0.858. The van der Waals surface area contributed by atoms with Gasteiger partial charge in [-0.05, 0) is 46.6 Å². The fourth-order valence-electron chi connectivity index (χ4n) is 0.989. The van der Waals surface area contributed by atoms with E-state index in [0.29, 0.717) is 16.8 Å². The number of benzene rings is 1. The summed E-state index contributed by atoms with van der Waals surface area (Å²) in [6.07, 6.45) is 1.54. The van der Waals surface area contributed by atoms with Gasteiger partial charge in [-0.2, -0.15) is 0 Å². The number of hydrogen-bond acceptors (Lipinski definition) is 2. The van der Waals surface area contributed by atoms with Gasteiger partial charge in [0.1, 0.15) is 22.6 Å². The molecule has 0 aliphatic rings. The molecule has 0 fully saturated rings. The van der Waals surface area contributed by atoms with Crippen LogP contribution in [0.2, 0.25) is 0 Å². The van der Waals surface area contributed by atoms with Crippen molar-refractivity contribution in [1.29, 1.82) is 0 Å². The van der Waals surface area contributed by atoms with Crippen LogP contribution in [0.1, 0.15) is 5.56 Å². The fraction of sp³-hybridized carbons (Fsp3) is 0.200. The molecule has 0 atom stereocenters. The second-order valence-corrected chi connectivity index (χ2v) is 4.74. The van der Waals surface area contributed by atoms with E-state index in [1.807, 2.05) is 0 Å². The van der Waals surface area contributed by atoms with Gasteiger partial charge in [0.25, 0.3) is 0 Å². The zero-order chi connectivity index (χ0) is 11.4. The Morgan fingerprint density at radius 2 is 2.20 bits per heavy atom. The first kappa shape index (κ1) is 12.7. The van der Waals surface area contributed by atoms with Crippen molar-refractivity contribution in [3.63, 3.8) is 0 Å². The third-order valence-electron chi connectivity index (χ3n) is 1.72. The summed E-state index contributed by atoms with van der Waals surface area (Å²) in [5, 5.41) is 9.49. The molecule has 0 bridgehead atoms.